The van der Waals surface area contributed by atoms with Gasteiger partial charge in [-0.2, -0.15) is 0 Å². The van der Waals surface area contributed by atoms with E-state index >= 15 is 0 Å². The summed E-state index contributed by atoms with van der Waals surface area (Å²) in [7, 11) is 0. The van der Waals surface area contributed by atoms with E-state index in [1.165, 1.54) is 19.3 Å². The molecule has 1 rings (SSSR count). The average Bonchev–Trinajstić information content (AvgIpc) is 1.97. The van der Waals surface area contributed by atoms with Crippen molar-refractivity contribution in [3.8, 4) is 0 Å². The van der Waals surface area contributed by atoms with Crippen molar-refractivity contribution in [1.29, 1.82) is 0 Å². The monoisotopic (exact) mass is 142 g/mol. The predicted molar refractivity (Wildman–Crippen MR) is 42.9 cm³/mol. The Balaban J connectivity index is 2.24. The lowest BCUT2D eigenvalue weighted by atomic mass is 9.68. The molecule has 1 aliphatic carbocycles. The molecule has 0 radical (unpaired) electrons. The largest absolute Gasteiger partial charge is 0.390 e. The summed E-state index contributed by atoms with van der Waals surface area (Å²) in [6.45, 7) is 4.33. The highest BCUT2D eigenvalue weighted by Crippen LogP contribution is 2.41. The summed E-state index contributed by atoms with van der Waals surface area (Å²) in [6.07, 6.45) is 5.66. The molecule has 1 heteroatoms. The van der Waals surface area contributed by atoms with Gasteiger partial charge < -0.3 is 5.11 Å². The summed E-state index contributed by atoms with van der Waals surface area (Å²) >= 11 is 0. The van der Waals surface area contributed by atoms with Gasteiger partial charge in [-0.1, -0.05) is 26.7 Å². The van der Waals surface area contributed by atoms with Gasteiger partial charge in [-0.3, -0.25) is 0 Å². The second-order valence-corrected chi connectivity index (χ2v) is 3.65. The van der Waals surface area contributed by atoms with Crippen molar-refractivity contribution < 1.29 is 5.11 Å². The van der Waals surface area contributed by atoms with Crippen LogP contribution in [0.1, 0.15) is 46.0 Å². The molecule has 60 valence electrons. The normalized spacial score (nSPS) is 39.3. The molecular formula is C9H18O. The van der Waals surface area contributed by atoms with Gasteiger partial charge in [-0.05, 0) is 25.2 Å². The van der Waals surface area contributed by atoms with E-state index in [1.807, 2.05) is 0 Å². The van der Waals surface area contributed by atoms with Crippen LogP contribution in [0.2, 0.25) is 0 Å². The third-order valence-corrected chi connectivity index (χ3v) is 2.89. The van der Waals surface area contributed by atoms with Gasteiger partial charge in [0, 0.05) is 0 Å². The molecular weight excluding hydrogens is 124 g/mol. The average molecular weight is 142 g/mol. The van der Waals surface area contributed by atoms with Crippen molar-refractivity contribution in [1.82, 2.24) is 0 Å². The third kappa shape index (κ3) is 1.34. The van der Waals surface area contributed by atoms with E-state index in [0.29, 0.717) is 5.92 Å². The molecule has 2 unspecified atom stereocenters. The Morgan fingerprint density at radius 2 is 2.30 bits per heavy atom. The first kappa shape index (κ1) is 8.06. The lowest BCUT2D eigenvalue weighted by Crippen LogP contribution is -2.45. The maximum absolute atomic E-state index is 9.81. The molecule has 1 saturated carbocycles. The molecule has 0 aromatic rings. The van der Waals surface area contributed by atoms with E-state index in [4.69, 9.17) is 0 Å². The summed E-state index contributed by atoms with van der Waals surface area (Å²) in [4.78, 5) is 0. The van der Waals surface area contributed by atoms with Crippen molar-refractivity contribution in [2.45, 2.75) is 51.6 Å². The quantitative estimate of drug-likeness (QED) is 0.641. The highest BCUT2D eigenvalue weighted by Gasteiger charge is 2.40. The molecule has 1 fully saturated rings. The lowest BCUT2D eigenvalue weighted by molar-refractivity contribution is -0.0931. The minimum Gasteiger partial charge on any atom is -0.390 e. The van der Waals surface area contributed by atoms with Gasteiger partial charge in [0.25, 0.3) is 0 Å². The molecule has 0 bridgehead atoms. The van der Waals surface area contributed by atoms with Crippen molar-refractivity contribution in [3.05, 3.63) is 0 Å². The van der Waals surface area contributed by atoms with Crippen LogP contribution in [0.3, 0.4) is 0 Å². The fourth-order valence-corrected chi connectivity index (χ4v) is 1.62. The minimum absolute atomic E-state index is 0.268. The molecule has 0 saturated heterocycles. The molecule has 2 atom stereocenters. The van der Waals surface area contributed by atoms with Crippen molar-refractivity contribution in [3.63, 3.8) is 0 Å². The molecule has 0 aromatic heterocycles. The molecule has 0 spiro atoms. The first-order valence-electron chi connectivity index (χ1n) is 4.41. The third-order valence-electron chi connectivity index (χ3n) is 2.89. The summed E-state index contributed by atoms with van der Waals surface area (Å²) < 4.78 is 0. The van der Waals surface area contributed by atoms with E-state index in [2.05, 4.69) is 13.8 Å². The fourth-order valence-electron chi connectivity index (χ4n) is 1.62. The lowest BCUT2D eigenvalue weighted by Gasteiger charge is -2.43. The fraction of sp³-hybridized carbons (Fsp3) is 1.00. The first-order chi connectivity index (χ1) is 4.69. The van der Waals surface area contributed by atoms with Gasteiger partial charge in [-0.15, -0.1) is 0 Å². The van der Waals surface area contributed by atoms with Crippen LogP contribution in [-0.2, 0) is 0 Å². The van der Waals surface area contributed by atoms with Gasteiger partial charge in [0.05, 0.1) is 5.60 Å². The van der Waals surface area contributed by atoms with Crippen LogP contribution in [0.15, 0.2) is 0 Å². The minimum atomic E-state index is -0.268. The Kier molecular flexibility index (Phi) is 2.35. The number of hydrogen-bond acceptors (Lipinski definition) is 1. The van der Waals surface area contributed by atoms with Gasteiger partial charge in [0.2, 0.25) is 0 Å². The molecule has 1 aliphatic rings. The van der Waals surface area contributed by atoms with E-state index in [-0.39, 0.29) is 5.60 Å². The topological polar surface area (TPSA) is 20.2 Å². The molecule has 1 N–H and O–H groups in total. The first-order valence-corrected chi connectivity index (χ1v) is 4.41. The Bertz CT molecular complexity index is 111. The van der Waals surface area contributed by atoms with Crippen LogP contribution in [0.5, 0.6) is 0 Å². The second-order valence-electron chi connectivity index (χ2n) is 3.65. The highest BCUT2D eigenvalue weighted by molar-refractivity contribution is 4.93. The second kappa shape index (κ2) is 2.91. The summed E-state index contributed by atoms with van der Waals surface area (Å²) in [6, 6.07) is 0. The summed E-state index contributed by atoms with van der Waals surface area (Å²) in [5.74, 6) is 0.555. The van der Waals surface area contributed by atoms with Crippen LogP contribution >= 0.6 is 0 Å². The number of rotatable bonds is 3. The molecule has 0 heterocycles. The highest BCUT2D eigenvalue weighted by atomic mass is 16.3. The summed E-state index contributed by atoms with van der Waals surface area (Å²) in [5, 5.41) is 9.81. The maximum Gasteiger partial charge on any atom is 0.0673 e. The van der Waals surface area contributed by atoms with Crippen LogP contribution < -0.4 is 0 Å². The zero-order valence-electron chi connectivity index (χ0n) is 7.06. The van der Waals surface area contributed by atoms with Crippen molar-refractivity contribution in [2.24, 2.45) is 5.92 Å². The Hall–Kier alpha value is -0.0400. The molecule has 0 aliphatic heterocycles. The van der Waals surface area contributed by atoms with Gasteiger partial charge in [0.1, 0.15) is 0 Å². The van der Waals surface area contributed by atoms with E-state index < -0.39 is 0 Å². The van der Waals surface area contributed by atoms with Gasteiger partial charge in [-0.25, -0.2) is 0 Å². The predicted octanol–water partition coefficient (Wildman–Crippen LogP) is 2.34. The molecule has 0 amide bonds. The smallest absolute Gasteiger partial charge is 0.0673 e. The van der Waals surface area contributed by atoms with Gasteiger partial charge in [0.15, 0.2) is 0 Å². The number of unbranched alkanes of at least 4 members (excludes halogenated alkanes) is 1. The Labute approximate surface area is 63.4 Å². The molecule has 10 heavy (non-hydrogen) atoms. The number of aliphatic hydroxyl groups is 1. The Morgan fingerprint density at radius 3 is 2.60 bits per heavy atom. The SMILES string of the molecule is CCCCC1(O)CCC1C. The molecule has 1 nitrogen and oxygen atoms in total. The van der Waals surface area contributed by atoms with Crippen LogP contribution in [0, 0.1) is 5.92 Å². The van der Waals surface area contributed by atoms with Gasteiger partial charge >= 0.3 is 0 Å². The van der Waals surface area contributed by atoms with Crippen LogP contribution in [-0.4, -0.2) is 10.7 Å². The summed E-state index contributed by atoms with van der Waals surface area (Å²) in [5.41, 5.74) is -0.268. The van der Waals surface area contributed by atoms with Crippen molar-refractivity contribution >= 4 is 0 Å². The van der Waals surface area contributed by atoms with E-state index in [9.17, 15) is 5.11 Å². The Morgan fingerprint density at radius 1 is 1.60 bits per heavy atom. The van der Waals surface area contributed by atoms with E-state index in [0.717, 1.165) is 12.8 Å². The maximum atomic E-state index is 9.81. The zero-order chi connectivity index (χ0) is 7.61. The van der Waals surface area contributed by atoms with Crippen molar-refractivity contribution in [2.75, 3.05) is 0 Å². The standard InChI is InChI=1S/C9H18O/c1-3-4-6-9(10)7-5-8(9)2/h8,10H,3-7H2,1-2H3. The van der Waals surface area contributed by atoms with Crippen LogP contribution in [0.25, 0.3) is 0 Å². The molecule has 0 aromatic carbocycles. The number of hydrogen-bond donors (Lipinski definition) is 1. The van der Waals surface area contributed by atoms with Crippen LogP contribution in [0.4, 0.5) is 0 Å². The zero-order valence-corrected chi connectivity index (χ0v) is 7.06. The van der Waals surface area contributed by atoms with E-state index in [1.54, 1.807) is 0 Å².